The van der Waals surface area contributed by atoms with Crippen LogP contribution in [0.25, 0.3) is 0 Å². The Morgan fingerprint density at radius 2 is 1.95 bits per heavy atom. The van der Waals surface area contributed by atoms with E-state index >= 15 is 0 Å². The van der Waals surface area contributed by atoms with E-state index in [1.54, 1.807) is 17.8 Å². The van der Waals surface area contributed by atoms with Gasteiger partial charge in [0, 0.05) is 9.37 Å². The van der Waals surface area contributed by atoms with E-state index in [-0.39, 0.29) is 11.9 Å². The normalized spacial score (nSPS) is 12.4. The molecule has 0 saturated carbocycles. The van der Waals surface area contributed by atoms with Crippen molar-refractivity contribution in [3.05, 3.63) is 63.9 Å². The third-order valence-corrected chi connectivity index (χ3v) is 4.67. The predicted octanol–water partition coefficient (Wildman–Crippen LogP) is 4.06. The molecule has 3 N–H and O–H groups in total. The van der Waals surface area contributed by atoms with Crippen LogP contribution in [0.3, 0.4) is 0 Å². The third-order valence-electron chi connectivity index (χ3n) is 3.15. The number of thioether (sulfide) groups is 1. The zero-order valence-electron chi connectivity index (χ0n) is 11.1. The molecule has 0 bridgehead atoms. The van der Waals surface area contributed by atoms with Crippen LogP contribution in [0.4, 0.5) is 4.39 Å². The lowest BCUT2D eigenvalue weighted by atomic mass is 9.99. The summed E-state index contributed by atoms with van der Waals surface area (Å²) < 4.78 is 14.2. The van der Waals surface area contributed by atoms with Gasteiger partial charge in [-0.05, 0) is 54.1 Å². The SMILES string of the molecule is CSc1ccc(C(Cc2cc(F)ccc2Br)NN)cc1. The molecule has 0 saturated heterocycles. The van der Waals surface area contributed by atoms with Crippen molar-refractivity contribution in [2.75, 3.05) is 6.26 Å². The van der Waals surface area contributed by atoms with Gasteiger partial charge in [0.1, 0.15) is 5.82 Å². The minimum atomic E-state index is -0.239. The van der Waals surface area contributed by atoms with E-state index in [0.29, 0.717) is 6.42 Å². The fraction of sp³-hybridized carbons (Fsp3) is 0.200. The van der Waals surface area contributed by atoms with Crippen molar-refractivity contribution in [2.24, 2.45) is 5.84 Å². The van der Waals surface area contributed by atoms with Crippen LogP contribution in [0, 0.1) is 5.82 Å². The molecular weight excluding hydrogens is 339 g/mol. The molecule has 1 unspecified atom stereocenters. The first kappa shape index (κ1) is 15.5. The highest BCUT2D eigenvalue weighted by Crippen LogP contribution is 2.25. The summed E-state index contributed by atoms with van der Waals surface area (Å²) in [6.45, 7) is 0. The Morgan fingerprint density at radius 3 is 2.55 bits per heavy atom. The second-order valence-corrected chi connectivity index (χ2v) is 6.17. The molecule has 0 aromatic heterocycles. The molecule has 2 aromatic rings. The molecule has 0 aliphatic heterocycles. The number of nitrogens with two attached hydrogens (primary N) is 1. The first-order valence-corrected chi connectivity index (χ1v) is 8.20. The van der Waals surface area contributed by atoms with Gasteiger partial charge in [0.25, 0.3) is 0 Å². The van der Waals surface area contributed by atoms with Gasteiger partial charge in [-0.15, -0.1) is 11.8 Å². The Morgan fingerprint density at radius 1 is 1.25 bits per heavy atom. The summed E-state index contributed by atoms with van der Waals surface area (Å²) >= 11 is 5.14. The third kappa shape index (κ3) is 3.82. The average molecular weight is 355 g/mol. The van der Waals surface area contributed by atoms with Crippen LogP contribution in [-0.4, -0.2) is 6.26 Å². The molecule has 0 amide bonds. The maximum Gasteiger partial charge on any atom is 0.123 e. The zero-order chi connectivity index (χ0) is 14.5. The summed E-state index contributed by atoms with van der Waals surface area (Å²) in [6, 6.07) is 12.8. The molecule has 2 nitrogen and oxygen atoms in total. The molecule has 2 aromatic carbocycles. The van der Waals surface area contributed by atoms with Gasteiger partial charge < -0.3 is 0 Å². The van der Waals surface area contributed by atoms with E-state index in [9.17, 15) is 4.39 Å². The molecule has 1 atom stereocenters. The number of hydrogen-bond acceptors (Lipinski definition) is 3. The molecular formula is C15H16BrFN2S. The fourth-order valence-electron chi connectivity index (χ4n) is 2.03. The van der Waals surface area contributed by atoms with E-state index in [0.717, 1.165) is 15.6 Å². The second kappa shape index (κ2) is 7.22. The van der Waals surface area contributed by atoms with Crippen molar-refractivity contribution in [3.63, 3.8) is 0 Å². The average Bonchev–Trinajstić information content (AvgIpc) is 2.48. The van der Waals surface area contributed by atoms with Gasteiger partial charge in [-0.1, -0.05) is 28.1 Å². The van der Waals surface area contributed by atoms with Crippen molar-refractivity contribution >= 4 is 27.7 Å². The molecule has 0 fully saturated rings. The molecule has 0 radical (unpaired) electrons. The fourth-order valence-corrected chi connectivity index (χ4v) is 2.85. The quantitative estimate of drug-likeness (QED) is 0.483. The van der Waals surface area contributed by atoms with Gasteiger partial charge in [-0.25, -0.2) is 4.39 Å². The molecule has 0 aliphatic carbocycles. The zero-order valence-corrected chi connectivity index (χ0v) is 13.5. The highest BCUT2D eigenvalue weighted by Gasteiger charge is 2.13. The number of nitrogens with one attached hydrogen (secondary N) is 1. The van der Waals surface area contributed by atoms with Crippen LogP contribution in [0.2, 0.25) is 0 Å². The van der Waals surface area contributed by atoms with Crippen molar-refractivity contribution in [2.45, 2.75) is 17.4 Å². The van der Waals surface area contributed by atoms with Crippen LogP contribution in [-0.2, 0) is 6.42 Å². The van der Waals surface area contributed by atoms with Crippen molar-refractivity contribution in [1.82, 2.24) is 5.43 Å². The van der Waals surface area contributed by atoms with Crippen molar-refractivity contribution < 1.29 is 4.39 Å². The van der Waals surface area contributed by atoms with Gasteiger partial charge in [-0.3, -0.25) is 11.3 Å². The summed E-state index contributed by atoms with van der Waals surface area (Å²) in [6.07, 6.45) is 2.66. The standard InChI is InChI=1S/C15H16BrFN2S/c1-20-13-5-2-10(3-6-13)15(19-18)9-11-8-12(17)4-7-14(11)16/h2-8,15,19H,9,18H2,1H3. The minimum absolute atomic E-state index is 0.0518. The predicted molar refractivity (Wildman–Crippen MR) is 86.1 cm³/mol. The first-order valence-electron chi connectivity index (χ1n) is 6.18. The Labute approximate surface area is 131 Å². The second-order valence-electron chi connectivity index (χ2n) is 4.43. The van der Waals surface area contributed by atoms with Gasteiger partial charge in [-0.2, -0.15) is 0 Å². The minimum Gasteiger partial charge on any atom is -0.271 e. The summed E-state index contributed by atoms with van der Waals surface area (Å²) in [7, 11) is 0. The van der Waals surface area contributed by atoms with Gasteiger partial charge >= 0.3 is 0 Å². The van der Waals surface area contributed by atoms with Crippen LogP contribution in [0.15, 0.2) is 51.8 Å². The number of hydrazine groups is 1. The molecule has 20 heavy (non-hydrogen) atoms. The van der Waals surface area contributed by atoms with E-state index in [1.807, 2.05) is 18.4 Å². The maximum absolute atomic E-state index is 13.3. The van der Waals surface area contributed by atoms with Gasteiger partial charge in [0.15, 0.2) is 0 Å². The monoisotopic (exact) mass is 354 g/mol. The van der Waals surface area contributed by atoms with Crippen LogP contribution < -0.4 is 11.3 Å². The number of benzene rings is 2. The molecule has 2 rings (SSSR count). The summed E-state index contributed by atoms with van der Waals surface area (Å²) in [5, 5.41) is 0. The lowest BCUT2D eigenvalue weighted by Gasteiger charge is -2.17. The van der Waals surface area contributed by atoms with Gasteiger partial charge in [0.05, 0.1) is 6.04 Å². The maximum atomic E-state index is 13.3. The molecule has 0 spiro atoms. The molecule has 0 heterocycles. The summed E-state index contributed by atoms with van der Waals surface area (Å²) in [5.41, 5.74) is 4.78. The Hall–Kier alpha value is -0.880. The van der Waals surface area contributed by atoms with E-state index in [2.05, 4.69) is 33.5 Å². The Kier molecular flexibility index (Phi) is 5.60. The van der Waals surface area contributed by atoms with Crippen molar-refractivity contribution in [1.29, 1.82) is 0 Å². The van der Waals surface area contributed by atoms with Crippen LogP contribution >= 0.6 is 27.7 Å². The number of rotatable bonds is 5. The van der Waals surface area contributed by atoms with Crippen molar-refractivity contribution in [3.8, 4) is 0 Å². The Bertz CT molecular complexity index is 575. The van der Waals surface area contributed by atoms with Crippen LogP contribution in [0.1, 0.15) is 17.2 Å². The van der Waals surface area contributed by atoms with E-state index in [1.165, 1.54) is 17.0 Å². The topological polar surface area (TPSA) is 38.0 Å². The smallest absolute Gasteiger partial charge is 0.123 e. The lowest BCUT2D eigenvalue weighted by Crippen LogP contribution is -2.29. The molecule has 106 valence electrons. The Balaban J connectivity index is 2.21. The number of halogens is 2. The number of hydrogen-bond donors (Lipinski definition) is 2. The summed E-state index contributed by atoms with van der Waals surface area (Å²) in [5.74, 6) is 5.41. The largest absolute Gasteiger partial charge is 0.271 e. The van der Waals surface area contributed by atoms with Gasteiger partial charge in [0.2, 0.25) is 0 Å². The highest BCUT2D eigenvalue weighted by atomic mass is 79.9. The van der Waals surface area contributed by atoms with E-state index < -0.39 is 0 Å². The highest BCUT2D eigenvalue weighted by molar-refractivity contribution is 9.10. The van der Waals surface area contributed by atoms with E-state index in [4.69, 9.17) is 5.84 Å². The lowest BCUT2D eigenvalue weighted by molar-refractivity contribution is 0.547. The first-order chi connectivity index (χ1) is 9.63. The molecule has 0 aliphatic rings. The summed E-state index contributed by atoms with van der Waals surface area (Å²) in [4.78, 5) is 1.21. The van der Waals surface area contributed by atoms with Crippen LogP contribution in [0.5, 0.6) is 0 Å². The molecule has 5 heteroatoms.